The fourth-order valence-corrected chi connectivity index (χ4v) is 3.74. The summed E-state index contributed by atoms with van der Waals surface area (Å²) in [5, 5.41) is 9.93. The number of fused-ring (bicyclic) bond motifs is 1. The van der Waals surface area contributed by atoms with Crippen LogP contribution in [0.2, 0.25) is 0 Å². The first-order valence-electron chi connectivity index (χ1n) is 8.97. The zero-order chi connectivity index (χ0) is 18.1. The van der Waals surface area contributed by atoms with E-state index in [1.807, 2.05) is 6.92 Å². The number of esters is 1. The molecule has 2 aliphatic rings. The zero-order valence-electron chi connectivity index (χ0n) is 15.4. The van der Waals surface area contributed by atoms with Crippen LogP contribution in [0, 0.1) is 17.8 Å². The van der Waals surface area contributed by atoms with Gasteiger partial charge >= 0.3 is 5.97 Å². The van der Waals surface area contributed by atoms with E-state index in [0.717, 1.165) is 30.4 Å². The Hall–Kier alpha value is -1.42. The number of Topliss-reactive ketones (excluding diaryl/α,β-unsaturated/α-hetero) is 1. The summed E-state index contributed by atoms with van der Waals surface area (Å²) < 4.78 is 5.27. The lowest BCUT2D eigenvalue weighted by Gasteiger charge is -2.22. The van der Waals surface area contributed by atoms with E-state index in [4.69, 9.17) is 4.74 Å². The fourth-order valence-electron chi connectivity index (χ4n) is 3.74. The first kappa shape index (κ1) is 18.9. The number of allylic oxidation sites excluding steroid dienone is 2. The normalized spacial score (nSPS) is 29.7. The number of carbonyl (C=O) groups excluding carboxylic acids is 2. The smallest absolute Gasteiger partial charge is 0.338 e. The summed E-state index contributed by atoms with van der Waals surface area (Å²) in [7, 11) is 0. The number of hydrogen-bond acceptors (Lipinski definition) is 4. The Kier molecular flexibility index (Phi) is 5.69. The molecule has 1 N–H and O–H groups in total. The van der Waals surface area contributed by atoms with Gasteiger partial charge in [0.05, 0.1) is 0 Å². The molecule has 1 saturated carbocycles. The van der Waals surface area contributed by atoms with Crippen molar-refractivity contribution < 1.29 is 19.4 Å². The van der Waals surface area contributed by atoms with Gasteiger partial charge in [-0.3, -0.25) is 4.79 Å². The van der Waals surface area contributed by atoms with Crippen molar-refractivity contribution in [2.75, 3.05) is 6.61 Å². The summed E-state index contributed by atoms with van der Waals surface area (Å²) in [5.74, 6) is 0.782. The minimum atomic E-state index is -1.44. The monoisotopic (exact) mass is 334 g/mol. The number of carbonyl (C=O) groups is 2. The van der Waals surface area contributed by atoms with Crippen LogP contribution in [0.15, 0.2) is 23.3 Å². The quantitative estimate of drug-likeness (QED) is 0.616. The molecule has 0 heterocycles. The van der Waals surface area contributed by atoms with Crippen molar-refractivity contribution in [2.45, 2.75) is 65.4 Å². The second-order valence-corrected chi connectivity index (χ2v) is 7.70. The molecule has 0 spiro atoms. The third kappa shape index (κ3) is 3.80. The van der Waals surface area contributed by atoms with Crippen molar-refractivity contribution in [1.82, 2.24) is 0 Å². The maximum absolute atomic E-state index is 12.1. The molecule has 0 aromatic carbocycles. The molecule has 24 heavy (non-hydrogen) atoms. The van der Waals surface area contributed by atoms with Gasteiger partial charge in [-0.25, -0.2) is 4.79 Å². The van der Waals surface area contributed by atoms with Crippen molar-refractivity contribution in [3.05, 3.63) is 23.3 Å². The molecule has 0 aliphatic heterocycles. The topological polar surface area (TPSA) is 63.6 Å². The highest BCUT2D eigenvalue weighted by molar-refractivity contribution is 5.98. The third-order valence-corrected chi connectivity index (χ3v) is 5.97. The van der Waals surface area contributed by atoms with Crippen molar-refractivity contribution in [3.63, 3.8) is 0 Å². The molecular weight excluding hydrogens is 304 g/mol. The predicted octanol–water partition coefficient (Wildman–Crippen LogP) is 3.59. The Balaban J connectivity index is 2.03. The number of ether oxygens (including phenoxy) is 1. The Morgan fingerprint density at radius 1 is 1.38 bits per heavy atom. The first-order chi connectivity index (χ1) is 11.2. The molecule has 2 rings (SSSR count). The van der Waals surface area contributed by atoms with Gasteiger partial charge in [-0.15, -0.1) is 0 Å². The maximum atomic E-state index is 12.1. The van der Waals surface area contributed by atoms with Crippen molar-refractivity contribution >= 4 is 11.8 Å². The van der Waals surface area contributed by atoms with Crippen LogP contribution >= 0.6 is 0 Å². The Labute approximate surface area is 145 Å². The number of ketones is 1. The van der Waals surface area contributed by atoms with Crippen LogP contribution in [0.3, 0.4) is 0 Å². The lowest BCUT2D eigenvalue weighted by molar-refractivity contribution is -0.163. The van der Waals surface area contributed by atoms with Gasteiger partial charge in [-0.2, -0.15) is 0 Å². The standard InChI is InChI=1S/C20H30O4/c1-6-20(5,23)19(22)24-11-13(3)15-8-7-12(2)16-10-18(21)14(4)17(16)9-15/h12,15-16,23H,3,6-11H2,1-2,4-5H3/t12-,15-,16-,20+/m1/s1. The lowest BCUT2D eigenvalue weighted by atomic mass is 9.86. The number of hydrogen-bond donors (Lipinski definition) is 1. The fraction of sp³-hybridized carbons (Fsp3) is 0.700. The van der Waals surface area contributed by atoms with Crippen molar-refractivity contribution in [2.24, 2.45) is 17.8 Å². The Morgan fingerprint density at radius 3 is 2.67 bits per heavy atom. The molecule has 4 heteroatoms. The summed E-state index contributed by atoms with van der Waals surface area (Å²) in [4.78, 5) is 24.0. The van der Waals surface area contributed by atoms with Crippen LogP contribution in [0.1, 0.15) is 59.8 Å². The van der Waals surface area contributed by atoms with Crippen LogP contribution in [0.4, 0.5) is 0 Å². The average molecular weight is 334 g/mol. The summed E-state index contributed by atoms with van der Waals surface area (Å²) in [6.45, 7) is 11.6. The lowest BCUT2D eigenvalue weighted by Crippen LogP contribution is -2.36. The van der Waals surface area contributed by atoms with Gasteiger partial charge in [0.25, 0.3) is 0 Å². The Morgan fingerprint density at radius 2 is 2.04 bits per heavy atom. The van der Waals surface area contributed by atoms with E-state index in [0.29, 0.717) is 24.7 Å². The minimum absolute atomic E-state index is 0.138. The van der Waals surface area contributed by atoms with Crippen LogP contribution in [-0.4, -0.2) is 29.1 Å². The summed E-state index contributed by atoms with van der Waals surface area (Å²) >= 11 is 0. The molecule has 0 aromatic heterocycles. The zero-order valence-corrected chi connectivity index (χ0v) is 15.4. The van der Waals surface area contributed by atoms with Crippen LogP contribution in [0.25, 0.3) is 0 Å². The molecule has 0 unspecified atom stereocenters. The minimum Gasteiger partial charge on any atom is -0.459 e. The van der Waals surface area contributed by atoms with Gasteiger partial charge < -0.3 is 9.84 Å². The average Bonchev–Trinajstić information content (AvgIpc) is 2.72. The SMILES string of the molecule is C=C(COC(=O)[C@@](C)(O)CC)[C@@H]1CC[C@@H](C)[C@H]2CC(=O)C(C)=C2C1. The molecule has 2 aliphatic carbocycles. The molecule has 4 nitrogen and oxygen atoms in total. The van der Waals surface area contributed by atoms with E-state index in [2.05, 4.69) is 13.5 Å². The first-order valence-corrected chi connectivity index (χ1v) is 8.97. The molecule has 0 saturated heterocycles. The van der Waals surface area contributed by atoms with Gasteiger partial charge in [0, 0.05) is 6.42 Å². The highest BCUT2D eigenvalue weighted by atomic mass is 16.5. The van der Waals surface area contributed by atoms with Crippen molar-refractivity contribution in [1.29, 1.82) is 0 Å². The van der Waals surface area contributed by atoms with Crippen LogP contribution < -0.4 is 0 Å². The van der Waals surface area contributed by atoms with Gasteiger partial charge in [0.1, 0.15) is 6.61 Å². The predicted molar refractivity (Wildman–Crippen MR) is 93.3 cm³/mol. The molecule has 134 valence electrons. The van der Waals surface area contributed by atoms with Gasteiger partial charge in [-0.05, 0) is 68.4 Å². The van der Waals surface area contributed by atoms with Gasteiger partial charge in [-0.1, -0.05) is 26.0 Å². The summed E-state index contributed by atoms with van der Waals surface area (Å²) in [6.07, 6.45) is 3.86. The van der Waals surface area contributed by atoms with Gasteiger partial charge in [0.15, 0.2) is 11.4 Å². The largest absolute Gasteiger partial charge is 0.459 e. The third-order valence-electron chi connectivity index (χ3n) is 5.97. The molecule has 0 radical (unpaired) electrons. The Bertz CT molecular complexity index is 570. The van der Waals surface area contributed by atoms with E-state index in [1.54, 1.807) is 6.92 Å². The van der Waals surface area contributed by atoms with Crippen LogP contribution in [-0.2, 0) is 14.3 Å². The molecule has 1 fully saturated rings. The van der Waals surface area contributed by atoms with E-state index < -0.39 is 11.6 Å². The maximum Gasteiger partial charge on any atom is 0.338 e. The second kappa shape index (κ2) is 7.22. The molecule has 0 amide bonds. The van der Waals surface area contributed by atoms with E-state index in [-0.39, 0.29) is 18.3 Å². The van der Waals surface area contributed by atoms with E-state index >= 15 is 0 Å². The molecular formula is C20H30O4. The second-order valence-electron chi connectivity index (χ2n) is 7.70. The highest BCUT2D eigenvalue weighted by Gasteiger charge is 2.37. The van der Waals surface area contributed by atoms with E-state index in [1.165, 1.54) is 12.5 Å². The highest BCUT2D eigenvalue weighted by Crippen LogP contribution is 2.45. The molecule has 4 atom stereocenters. The number of aliphatic hydroxyl groups is 1. The summed E-state index contributed by atoms with van der Waals surface area (Å²) in [6, 6.07) is 0. The number of rotatable bonds is 5. The van der Waals surface area contributed by atoms with Gasteiger partial charge in [0.2, 0.25) is 0 Å². The van der Waals surface area contributed by atoms with E-state index in [9.17, 15) is 14.7 Å². The van der Waals surface area contributed by atoms with Crippen LogP contribution in [0.5, 0.6) is 0 Å². The molecule has 0 bridgehead atoms. The van der Waals surface area contributed by atoms with Crippen molar-refractivity contribution in [3.8, 4) is 0 Å². The molecule has 0 aromatic rings. The summed E-state index contributed by atoms with van der Waals surface area (Å²) in [5.41, 5.74) is 1.64.